The van der Waals surface area contributed by atoms with Crippen LogP contribution in [0.25, 0.3) is 22.4 Å². The van der Waals surface area contributed by atoms with Crippen molar-refractivity contribution in [1.82, 2.24) is 19.4 Å². The van der Waals surface area contributed by atoms with E-state index < -0.39 is 0 Å². The molecule has 0 radical (unpaired) electrons. The van der Waals surface area contributed by atoms with Crippen molar-refractivity contribution in [3.05, 3.63) is 70.7 Å². The number of unbranched alkanes of at least 4 members (excludes halogenated alkanes) is 1. The minimum absolute atomic E-state index is 0.576. The molecule has 0 unspecified atom stereocenters. The van der Waals surface area contributed by atoms with E-state index in [4.69, 9.17) is 30.8 Å². The number of hydrogen-bond acceptors (Lipinski definition) is 6. The molecule has 1 aromatic heterocycles. The van der Waals surface area contributed by atoms with E-state index in [0.29, 0.717) is 19.8 Å². The first-order valence-corrected chi connectivity index (χ1v) is 18.6. The number of ether oxygens (including phenoxy) is 3. The lowest BCUT2D eigenvalue weighted by atomic mass is 10.1. The zero-order chi connectivity index (χ0) is 34.3. The van der Waals surface area contributed by atoms with Gasteiger partial charge in [0, 0.05) is 54.3 Å². The lowest BCUT2D eigenvalue weighted by Crippen LogP contribution is -2.25. The van der Waals surface area contributed by atoms with Crippen LogP contribution < -0.4 is 14.2 Å². The normalized spacial score (nSPS) is 11.6. The van der Waals surface area contributed by atoms with Gasteiger partial charge in [-0.25, -0.2) is 4.98 Å². The molecule has 0 atom stereocenters. The van der Waals surface area contributed by atoms with Gasteiger partial charge < -0.3 is 23.7 Å². The van der Waals surface area contributed by atoms with Gasteiger partial charge in [-0.2, -0.15) is 0 Å². The number of imidazole rings is 1. The van der Waals surface area contributed by atoms with Crippen LogP contribution in [-0.4, -0.2) is 71.9 Å². The van der Waals surface area contributed by atoms with Crippen LogP contribution in [0.3, 0.4) is 0 Å². The molecule has 0 fully saturated rings. The zero-order valence-electron chi connectivity index (χ0n) is 30.2. The number of rotatable bonds is 22. The maximum absolute atomic E-state index is 6.56. The molecule has 0 spiro atoms. The van der Waals surface area contributed by atoms with E-state index in [1.54, 1.807) is 0 Å². The second-order valence-corrected chi connectivity index (χ2v) is 12.8. The Morgan fingerprint density at radius 3 is 2.12 bits per heavy atom. The van der Waals surface area contributed by atoms with Gasteiger partial charge in [0.15, 0.2) is 5.75 Å². The average molecular weight is 677 g/mol. The summed E-state index contributed by atoms with van der Waals surface area (Å²) >= 11 is 6.12. The number of halogens is 1. The fraction of sp³-hybridized carbons (Fsp3) is 0.525. The SMILES string of the molecule is CCCCn1c(-c2ccc(CN(CC)CC)c(OCCc3ccc(Cl)cc3)c2)nc2c(OCCC)cc(OCCCN(CC)CC)cc21. The van der Waals surface area contributed by atoms with Crippen LogP contribution in [-0.2, 0) is 19.5 Å². The lowest BCUT2D eigenvalue weighted by molar-refractivity contribution is 0.248. The van der Waals surface area contributed by atoms with Gasteiger partial charge >= 0.3 is 0 Å². The molecule has 0 saturated carbocycles. The van der Waals surface area contributed by atoms with Crippen molar-refractivity contribution >= 4 is 22.6 Å². The van der Waals surface area contributed by atoms with Gasteiger partial charge in [0.05, 0.1) is 25.3 Å². The van der Waals surface area contributed by atoms with Crippen LogP contribution in [0.4, 0.5) is 0 Å². The van der Waals surface area contributed by atoms with Crippen LogP contribution in [0, 0.1) is 0 Å². The minimum atomic E-state index is 0.576. The van der Waals surface area contributed by atoms with Crippen LogP contribution in [0.15, 0.2) is 54.6 Å². The summed E-state index contributed by atoms with van der Waals surface area (Å²) in [6.45, 7) is 21.8. The van der Waals surface area contributed by atoms with Crippen molar-refractivity contribution < 1.29 is 14.2 Å². The molecule has 48 heavy (non-hydrogen) atoms. The third-order valence-corrected chi connectivity index (χ3v) is 9.20. The van der Waals surface area contributed by atoms with E-state index in [2.05, 4.69) is 92.3 Å². The molecule has 8 heteroatoms. The molecule has 0 aliphatic carbocycles. The summed E-state index contributed by atoms with van der Waals surface area (Å²) in [6.07, 6.45) is 4.83. The van der Waals surface area contributed by atoms with Crippen molar-refractivity contribution in [3.63, 3.8) is 0 Å². The summed E-state index contributed by atoms with van der Waals surface area (Å²) in [7, 11) is 0. The molecule has 4 rings (SSSR count). The maximum atomic E-state index is 6.56. The number of fused-ring (bicyclic) bond motifs is 1. The largest absolute Gasteiger partial charge is 0.493 e. The molecule has 0 saturated heterocycles. The van der Waals surface area contributed by atoms with Crippen molar-refractivity contribution in [2.75, 3.05) is 52.5 Å². The predicted molar refractivity (Wildman–Crippen MR) is 201 cm³/mol. The molecule has 0 N–H and O–H groups in total. The molecule has 3 aromatic carbocycles. The Hall–Kier alpha value is -3.26. The highest BCUT2D eigenvalue weighted by molar-refractivity contribution is 6.30. The van der Waals surface area contributed by atoms with E-state index in [9.17, 15) is 0 Å². The summed E-state index contributed by atoms with van der Waals surface area (Å²) in [6, 6.07) is 18.8. The van der Waals surface area contributed by atoms with E-state index in [1.807, 2.05) is 18.2 Å². The quantitative estimate of drug-likeness (QED) is 0.0773. The van der Waals surface area contributed by atoms with E-state index in [-0.39, 0.29) is 0 Å². The Morgan fingerprint density at radius 1 is 0.708 bits per heavy atom. The second kappa shape index (κ2) is 19.7. The number of aryl methyl sites for hydroxylation is 1. The van der Waals surface area contributed by atoms with Gasteiger partial charge in [-0.3, -0.25) is 4.90 Å². The third-order valence-electron chi connectivity index (χ3n) is 8.95. The number of nitrogens with zero attached hydrogens (tertiary/aromatic N) is 4. The third kappa shape index (κ3) is 10.4. The van der Waals surface area contributed by atoms with E-state index in [1.165, 1.54) is 11.1 Å². The summed E-state index contributed by atoms with van der Waals surface area (Å²) in [4.78, 5) is 10.1. The van der Waals surface area contributed by atoms with Gasteiger partial charge in [-0.1, -0.05) is 83.8 Å². The van der Waals surface area contributed by atoms with Crippen LogP contribution in [0.5, 0.6) is 17.2 Å². The minimum Gasteiger partial charge on any atom is -0.493 e. The first kappa shape index (κ1) is 37.6. The fourth-order valence-corrected chi connectivity index (χ4v) is 6.06. The van der Waals surface area contributed by atoms with Gasteiger partial charge in [0.25, 0.3) is 0 Å². The van der Waals surface area contributed by atoms with Crippen molar-refractivity contribution in [2.24, 2.45) is 0 Å². The standard InChI is InChI=1S/C40H57ClN4O3/c1-7-13-23-45-36-28-35(46-25-14-22-43(9-3)10-4)29-38(47-24-8-2)39(36)42-40(45)32-17-18-33(30-44(11-5)12-6)37(27-32)48-26-21-31-15-19-34(41)20-16-31/h15-20,27-29H,7-14,21-26,30H2,1-6H3. The molecule has 0 amide bonds. The van der Waals surface area contributed by atoms with Gasteiger partial charge in [-0.15, -0.1) is 0 Å². The van der Waals surface area contributed by atoms with E-state index in [0.717, 1.165) is 123 Å². The van der Waals surface area contributed by atoms with E-state index >= 15 is 0 Å². The molecule has 4 aromatic rings. The summed E-state index contributed by atoms with van der Waals surface area (Å²) in [5, 5.41) is 0.747. The smallest absolute Gasteiger partial charge is 0.150 e. The number of benzene rings is 3. The molecule has 262 valence electrons. The van der Waals surface area contributed by atoms with Crippen LogP contribution in [0.2, 0.25) is 5.02 Å². The second-order valence-electron chi connectivity index (χ2n) is 12.3. The highest BCUT2D eigenvalue weighted by atomic mass is 35.5. The first-order valence-electron chi connectivity index (χ1n) is 18.2. The molecular formula is C40H57ClN4O3. The Labute approximate surface area is 294 Å². The monoisotopic (exact) mass is 676 g/mol. The Kier molecular flexibility index (Phi) is 15.4. The Balaban J connectivity index is 1.71. The molecule has 0 bridgehead atoms. The number of aromatic nitrogens is 2. The summed E-state index contributed by atoms with van der Waals surface area (Å²) in [5.74, 6) is 3.44. The van der Waals surface area contributed by atoms with Crippen LogP contribution in [0.1, 0.15) is 78.4 Å². The Bertz CT molecular complexity index is 1530. The van der Waals surface area contributed by atoms with Gasteiger partial charge in [-0.05, 0) is 69.2 Å². The van der Waals surface area contributed by atoms with Crippen LogP contribution >= 0.6 is 11.6 Å². The van der Waals surface area contributed by atoms with Crippen molar-refractivity contribution in [1.29, 1.82) is 0 Å². The lowest BCUT2D eigenvalue weighted by Gasteiger charge is -2.21. The number of hydrogen-bond donors (Lipinski definition) is 0. The predicted octanol–water partition coefficient (Wildman–Crippen LogP) is 9.52. The highest BCUT2D eigenvalue weighted by Crippen LogP contribution is 2.37. The molecule has 7 nitrogen and oxygen atoms in total. The topological polar surface area (TPSA) is 52.0 Å². The maximum Gasteiger partial charge on any atom is 0.150 e. The Morgan fingerprint density at radius 2 is 1.44 bits per heavy atom. The molecule has 1 heterocycles. The summed E-state index contributed by atoms with van der Waals surface area (Å²) < 4.78 is 21.6. The fourth-order valence-electron chi connectivity index (χ4n) is 5.93. The molecule has 0 aliphatic heterocycles. The first-order chi connectivity index (χ1) is 23.4. The summed E-state index contributed by atoms with van der Waals surface area (Å²) in [5.41, 5.74) is 5.34. The molecular weight excluding hydrogens is 620 g/mol. The van der Waals surface area contributed by atoms with Crippen molar-refractivity contribution in [3.8, 4) is 28.6 Å². The highest BCUT2D eigenvalue weighted by Gasteiger charge is 2.20. The molecule has 0 aliphatic rings. The van der Waals surface area contributed by atoms with Gasteiger partial charge in [0.2, 0.25) is 0 Å². The average Bonchev–Trinajstić information content (AvgIpc) is 3.48. The zero-order valence-corrected chi connectivity index (χ0v) is 31.0. The van der Waals surface area contributed by atoms with Crippen molar-refractivity contribution in [2.45, 2.75) is 86.7 Å². The van der Waals surface area contributed by atoms with Gasteiger partial charge in [0.1, 0.15) is 22.8 Å².